The topological polar surface area (TPSA) is 72.3 Å². The number of fused-ring (bicyclic) bond motifs is 1. The molecule has 1 aliphatic rings. The average molecular weight is 438 g/mol. The summed E-state index contributed by atoms with van der Waals surface area (Å²) in [6.07, 6.45) is 3.53. The molecule has 0 radical (unpaired) electrons. The van der Waals surface area contributed by atoms with Crippen molar-refractivity contribution in [3.05, 3.63) is 81.1 Å². The van der Waals surface area contributed by atoms with Crippen molar-refractivity contribution in [1.29, 1.82) is 0 Å². The summed E-state index contributed by atoms with van der Waals surface area (Å²) in [6.45, 7) is 2.09. The summed E-state index contributed by atoms with van der Waals surface area (Å²) in [7, 11) is -0.450. The maximum atomic E-state index is 13.4. The molecule has 0 spiro atoms. The molecule has 0 aliphatic heterocycles. The van der Waals surface area contributed by atoms with Crippen molar-refractivity contribution in [3.63, 3.8) is 0 Å². The lowest BCUT2D eigenvalue weighted by Gasteiger charge is -2.21. The summed E-state index contributed by atoms with van der Waals surface area (Å²) in [5.41, 5.74) is 4.76. The van der Waals surface area contributed by atoms with Crippen LogP contribution in [0.25, 0.3) is 11.3 Å². The summed E-state index contributed by atoms with van der Waals surface area (Å²) in [6, 6.07) is 15.0. The van der Waals surface area contributed by atoms with Gasteiger partial charge < -0.3 is 0 Å². The Morgan fingerprint density at radius 3 is 2.42 bits per heavy atom. The Kier molecular flexibility index (Phi) is 5.81. The number of sulfonamides is 1. The lowest BCUT2D eigenvalue weighted by molar-refractivity contribution is 0.466. The largest absolute Gasteiger partial charge is 0.269 e. The molecule has 0 saturated heterocycles. The zero-order valence-corrected chi connectivity index (χ0v) is 18.9. The van der Waals surface area contributed by atoms with E-state index in [4.69, 9.17) is 0 Å². The number of aryl methyl sites for hydroxylation is 2. The minimum atomic E-state index is -3.70. The molecule has 31 heavy (non-hydrogen) atoms. The van der Waals surface area contributed by atoms with Gasteiger partial charge in [-0.3, -0.25) is 4.79 Å². The maximum Gasteiger partial charge on any atom is 0.269 e. The van der Waals surface area contributed by atoms with Gasteiger partial charge in [0.25, 0.3) is 5.56 Å². The van der Waals surface area contributed by atoms with Crippen LogP contribution in [0.2, 0.25) is 0 Å². The van der Waals surface area contributed by atoms with Crippen molar-refractivity contribution in [2.75, 3.05) is 7.05 Å². The molecule has 0 fully saturated rings. The van der Waals surface area contributed by atoms with Crippen LogP contribution in [0.3, 0.4) is 0 Å². The first-order valence-corrected chi connectivity index (χ1v) is 11.9. The second-order valence-electron chi connectivity index (χ2n) is 8.17. The third kappa shape index (κ3) is 4.07. The highest BCUT2D eigenvalue weighted by Crippen LogP contribution is 2.31. The fraction of sp³-hybridized carbons (Fsp3) is 0.333. The number of benzene rings is 2. The van der Waals surface area contributed by atoms with Crippen LogP contribution in [0.5, 0.6) is 0 Å². The monoisotopic (exact) mass is 437 g/mol. The van der Waals surface area contributed by atoms with Crippen molar-refractivity contribution >= 4 is 10.0 Å². The van der Waals surface area contributed by atoms with Crippen LogP contribution in [0.15, 0.2) is 58.2 Å². The van der Waals surface area contributed by atoms with Gasteiger partial charge in [-0.25, -0.2) is 13.1 Å². The summed E-state index contributed by atoms with van der Waals surface area (Å²) >= 11 is 0. The van der Waals surface area contributed by atoms with Crippen LogP contribution in [-0.2, 0) is 36.5 Å². The Labute approximate surface area is 183 Å². The molecule has 0 amide bonds. The molecule has 6 nitrogen and oxygen atoms in total. The number of aromatic nitrogens is 2. The first-order chi connectivity index (χ1) is 14.8. The fourth-order valence-corrected chi connectivity index (χ4v) is 5.61. The van der Waals surface area contributed by atoms with Crippen molar-refractivity contribution < 1.29 is 8.42 Å². The molecule has 0 bridgehead atoms. The van der Waals surface area contributed by atoms with E-state index in [9.17, 15) is 13.2 Å². The second-order valence-corrected chi connectivity index (χ2v) is 10.2. The molecule has 0 unspecified atom stereocenters. The first kappa shape index (κ1) is 21.5. The highest BCUT2D eigenvalue weighted by molar-refractivity contribution is 7.89. The Balaban J connectivity index is 1.78. The van der Waals surface area contributed by atoms with E-state index in [-0.39, 0.29) is 10.5 Å². The molecular weight excluding hydrogens is 410 g/mol. The van der Waals surface area contributed by atoms with Gasteiger partial charge in [-0.1, -0.05) is 42.5 Å². The summed E-state index contributed by atoms with van der Waals surface area (Å²) in [5.74, 6) is 0. The van der Waals surface area contributed by atoms with E-state index < -0.39 is 10.0 Å². The summed E-state index contributed by atoms with van der Waals surface area (Å²) in [5, 5.41) is 4.52. The van der Waals surface area contributed by atoms with Crippen LogP contribution in [0.1, 0.15) is 35.1 Å². The molecule has 0 N–H and O–H groups in total. The van der Waals surface area contributed by atoms with E-state index in [1.54, 1.807) is 27.1 Å². The normalized spacial score (nSPS) is 13.9. The van der Waals surface area contributed by atoms with Gasteiger partial charge in [0, 0.05) is 31.8 Å². The summed E-state index contributed by atoms with van der Waals surface area (Å²) in [4.78, 5) is 12.8. The van der Waals surface area contributed by atoms with Crippen molar-refractivity contribution in [2.24, 2.45) is 7.05 Å². The molecule has 7 heteroatoms. The lowest BCUT2D eigenvalue weighted by Crippen LogP contribution is -2.28. The molecule has 0 saturated carbocycles. The minimum absolute atomic E-state index is 0.0546. The van der Waals surface area contributed by atoms with E-state index in [0.29, 0.717) is 17.8 Å². The molecule has 0 atom stereocenters. The molecular formula is C24H27N3O3S. The third-order valence-electron chi connectivity index (χ3n) is 5.95. The maximum absolute atomic E-state index is 13.4. The second kappa shape index (κ2) is 8.40. The molecule has 2 aromatic carbocycles. The van der Waals surface area contributed by atoms with E-state index >= 15 is 0 Å². The number of hydrogen-bond donors (Lipinski definition) is 0. The van der Waals surface area contributed by atoms with E-state index in [1.165, 1.54) is 8.99 Å². The predicted molar refractivity (Wildman–Crippen MR) is 121 cm³/mol. The van der Waals surface area contributed by atoms with Gasteiger partial charge >= 0.3 is 0 Å². The van der Waals surface area contributed by atoms with Crippen molar-refractivity contribution in [2.45, 2.75) is 44.0 Å². The standard InChI is InChI=1S/C24H27N3O3S/c1-17-13-14-19(23-20-11-7-8-12-21(20)24(28)27(3)25-23)15-22(17)31(29,30)26(2)16-18-9-5-4-6-10-18/h4-6,9-10,13-15H,7-8,11-12,16H2,1-3H3. The van der Waals surface area contributed by atoms with Crippen LogP contribution in [0, 0.1) is 6.92 Å². The van der Waals surface area contributed by atoms with Crippen LogP contribution >= 0.6 is 0 Å². The van der Waals surface area contributed by atoms with Crippen LogP contribution in [-0.4, -0.2) is 29.6 Å². The Hall–Kier alpha value is -2.77. The highest BCUT2D eigenvalue weighted by Gasteiger charge is 2.25. The van der Waals surface area contributed by atoms with Crippen LogP contribution < -0.4 is 5.56 Å². The lowest BCUT2D eigenvalue weighted by atomic mass is 9.89. The van der Waals surface area contributed by atoms with Crippen molar-refractivity contribution in [1.82, 2.24) is 14.1 Å². The Morgan fingerprint density at radius 2 is 1.71 bits per heavy atom. The van der Waals surface area contributed by atoms with Gasteiger partial charge in [0.15, 0.2) is 0 Å². The fourth-order valence-electron chi connectivity index (χ4n) is 4.20. The molecule has 3 aromatic rings. The minimum Gasteiger partial charge on any atom is -0.268 e. The first-order valence-electron chi connectivity index (χ1n) is 10.5. The SMILES string of the molecule is Cc1ccc(-c2nn(C)c(=O)c3c2CCCC3)cc1S(=O)(=O)N(C)Cc1ccccc1. The molecule has 4 rings (SSSR count). The molecule has 162 valence electrons. The van der Waals surface area contributed by atoms with Gasteiger partial charge in [0.05, 0.1) is 10.6 Å². The number of hydrogen-bond acceptors (Lipinski definition) is 4. The van der Waals surface area contributed by atoms with Gasteiger partial charge in [-0.15, -0.1) is 0 Å². The zero-order valence-electron chi connectivity index (χ0n) is 18.1. The smallest absolute Gasteiger partial charge is 0.268 e. The quantitative estimate of drug-likeness (QED) is 0.613. The predicted octanol–water partition coefficient (Wildman–Crippen LogP) is 3.46. The van der Waals surface area contributed by atoms with E-state index in [2.05, 4.69) is 5.10 Å². The van der Waals surface area contributed by atoms with Gasteiger partial charge in [-0.2, -0.15) is 9.40 Å². The van der Waals surface area contributed by atoms with Gasteiger partial charge in [0.2, 0.25) is 10.0 Å². The molecule has 1 heterocycles. The zero-order chi connectivity index (χ0) is 22.2. The Bertz CT molecular complexity index is 1280. The molecule has 1 aliphatic carbocycles. The molecule has 1 aromatic heterocycles. The number of rotatable bonds is 5. The van der Waals surface area contributed by atoms with Crippen LogP contribution in [0.4, 0.5) is 0 Å². The van der Waals surface area contributed by atoms with Gasteiger partial charge in [0.1, 0.15) is 0 Å². The average Bonchev–Trinajstić information content (AvgIpc) is 2.77. The highest BCUT2D eigenvalue weighted by atomic mass is 32.2. The van der Waals surface area contributed by atoms with E-state index in [1.807, 2.05) is 42.5 Å². The Morgan fingerprint density at radius 1 is 1.03 bits per heavy atom. The van der Waals surface area contributed by atoms with Crippen molar-refractivity contribution in [3.8, 4) is 11.3 Å². The van der Waals surface area contributed by atoms with E-state index in [0.717, 1.165) is 47.9 Å². The number of nitrogens with zero attached hydrogens (tertiary/aromatic N) is 3. The third-order valence-corrected chi connectivity index (χ3v) is 7.90. The van der Waals surface area contributed by atoms with Gasteiger partial charge in [-0.05, 0) is 55.4 Å². The summed E-state index contributed by atoms with van der Waals surface area (Å²) < 4.78 is 29.5.